The van der Waals surface area contributed by atoms with Crippen molar-refractivity contribution in [3.63, 3.8) is 0 Å². The van der Waals surface area contributed by atoms with Crippen LogP contribution in [-0.2, 0) is 0 Å². The summed E-state index contributed by atoms with van der Waals surface area (Å²) in [5.74, 6) is 0.807. The predicted molar refractivity (Wildman–Crippen MR) is 48.2 cm³/mol. The van der Waals surface area contributed by atoms with Crippen molar-refractivity contribution < 1.29 is 0 Å². The van der Waals surface area contributed by atoms with Crippen LogP contribution in [0, 0.1) is 0 Å². The first-order valence-corrected chi connectivity index (χ1v) is 3.41. The van der Waals surface area contributed by atoms with Crippen LogP contribution >= 0.6 is 0 Å². The molecule has 6 nitrogen and oxygen atoms in total. The van der Waals surface area contributed by atoms with E-state index in [4.69, 9.17) is 11.5 Å². The van der Waals surface area contributed by atoms with Crippen LogP contribution in [0.3, 0.4) is 0 Å². The van der Waals surface area contributed by atoms with Crippen molar-refractivity contribution in [3.05, 3.63) is 6.33 Å². The van der Waals surface area contributed by atoms with Crippen LogP contribution < -0.4 is 16.9 Å². The maximum absolute atomic E-state index is 5.59. The molecule has 1 rings (SSSR count). The van der Waals surface area contributed by atoms with Crippen LogP contribution in [0.4, 0.5) is 17.3 Å². The summed E-state index contributed by atoms with van der Waals surface area (Å²) >= 11 is 0. The van der Waals surface area contributed by atoms with Gasteiger partial charge in [-0.15, -0.1) is 0 Å². The highest BCUT2D eigenvalue weighted by atomic mass is 15.5. The quantitative estimate of drug-likeness (QED) is 0.517. The Balaban J connectivity index is 2.92. The average Bonchev–Trinajstić information content (AvgIpc) is 1.98. The molecule has 0 radical (unpaired) electrons. The molecule has 0 bridgehead atoms. The van der Waals surface area contributed by atoms with Gasteiger partial charge in [-0.2, -0.15) is 0 Å². The number of anilines is 3. The third-order valence-corrected chi connectivity index (χ3v) is 1.24. The number of hydrogen-bond acceptors (Lipinski definition) is 6. The molecule has 0 amide bonds. The first-order chi connectivity index (χ1) is 5.61. The number of nitrogen functional groups attached to an aromatic ring is 2. The van der Waals surface area contributed by atoms with E-state index in [1.165, 1.54) is 6.33 Å². The van der Waals surface area contributed by atoms with Crippen LogP contribution in [0.2, 0.25) is 0 Å². The number of aromatic nitrogens is 2. The number of nitrogens with zero attached hydrogens (tertiary/aromatic N) is 3. The third kappa shape index (κ3) is 1.73. The van der Waals surface area contributed by atoms with Gasteiger partial charge in [-0.05, 0) is 0 Å². The van der Waals surface area contributed by atoms with Crippen molar-refractivity contribution in [2.24, 2.45) is 0 Å². The van der Waals surface area contributed by atoms with Crippen LogP contribution in [0.15, 0.2) is 6.33 Å². The fourth-order valence-electron chi connectivity index (χ4n) is 0.710. The molecule has 0 aliphatic rings. The van der Waals surface area contributed by atoms with E-state index < -0.39 is 0 Å². The van der Waals surface area contributed by atoms with Gasteiger partial charge in [-0.25, -0.2) is 15.0 Å². The van der Waals surface area contributed by atoms with Gasteiger partial charge in [0.15, 0.2) is 11.6 Å². The minimum absolute atomic E-state index is 0.286. The van der Waals surface area contributed by atoms with Crippen molar-refractivity contribution >= 4 is 17.3 Å². The van der Waals surface area contributed by atoms with Gasteiger partial charge in [-0.1, -0.05) is 0 Å². The summed E-state index contributed by atoms with van der Waals surface area (Å²) in [6.45, 7) is 0. The fourth-order valence-corrected chi connectivity index (χ4v) is 0.710. The molecule has 0 aromatic carbocycles. The topological polar surface area (TPSA) is 93.1 Å². The molecule has 0 aliphatic heterocycles. The molecule has 0 unspecified atom stereocenters. The van der Waals surface area contributed by atoms with E-state index in [2.05, 4.69) is 15.4 Å². The zero-order chi connectivity index (χ0) is 9.14. The predicted octanol–water partition coefficient (Wildman–Crippen LogP) is -0.470. The number of hydrogen-bond donors (Lipinski definition) is 3. The lowest BCUT2D eigenvalue weighted by molar-refractivity contribution is 0.492. The molecule has 12 heavy (non-hydrogen) atoms. The van der Waals surface area contributed by atoms with E-state index >= 15 is 0 Å². The Morgan fingerprint density at radius 2 is 2.00 bits per heavy atom. The second-order valence-corrected chi connectivity index (χ2v) is 2.53. The minimum atomic E-state index is 0.286. The van der Waals surface area contributed by atoms with Gasteiger partial charge in [0.1, 0.15) is 12.0 Å². The number of nitrogens with two attached hydrogens (primary N) is 2. The van der Waals surface area contributed by atoms with Crippen molar-refractivity contribution in [1.82, 2.24) is 15.0 Å². The van der Waals surface area contributed by atoms with Crippen molar-refractivity contribution in [3.8, 4) is 0 Å². The van der Waals surface area contributed by atoms with Crippen molar-refractivity contribution in [1.29, 1.82) is 0 Å². The number of nitrogens with one attached hydrogen (secondary N) is 1. The highest BCUT2D eigenvalue weighted by Gasteiger charge is 2.04. The van der Waals surface area contributed by atoms with Gasteiger partial charge < -0.3 is 16.9 Å². The molecule has 1 heterocycles. The second-order valence-electron chi connectivity index (χ2n) is 2.53. The lowest BCUT2D eigenvalue weighted by atomic mass is 10.4. The third-order valence-electron chi connectivity index (χ3n) is 1.24. The first-order valence-electron chi connectivity index (χ1n) is 3.41. The van der Waals surface area contributed by atoms with Gasteiger partial charge in [0.05, 0.1) is 0 Å². The Hall–Kier alpha value is -1.56. The van der Waals surface area contributed by atoms with E-state index in [1.54, 1.807) is 5.01 Å². The molecular weight excluding hydrogens is 156 g/mol. The van der Waals surface area contributed by atoms with E-state index in [0.29, 0.717) is 11.5 Å². The summed E-state index contributed by atoms with van der Waals surface area (Å²) in [5, 5.41) is 1.72. The first kappa shape index (κ1) is 8.54. The normalized spacial score (nSPS) is 10.2. The van der Waals surface area contributed by atoms with Gasteiger partial charge in [0.2, 0.25) is 0 Å². The van der Waals surface area contributed by atoms with Gasteiger partial charge in [0.25, 0.3) is 0 Å². The molecule has 0 aliphatic carbocycles. The van der Waals surface area contributed by atoms with Crippen LogP contribution in [-0.4, -0.2) is 29.1 Å². The smallest absolute Gasteiger partial charge is 0.169 e. The molecule has 0 fully saturated rings. The minimum Gasteiger partial charge on any atom is -0.393 e. The summed E-state index contributed by atoms with van der Waals surface area (Å²) in [5.41, 5.74) is 14.3. The molecule has 0 spiro atoms. The molecule has 66 valence electrons. The Labute approximate surface area is 70.6 Å². The maximum Gasteiger partial charge on any atom is 0.169 e. The van der Waals surface area contributed by atoms with E-state index in [0.717, 1.165) is 0 Å². The molecule has 1 aromatic rings. The molecular formula is C6H12N6. The molecule has 1 aromatic heterocycles. The van der Waals surface area contributed by atoms with Crippen molar-refractivity contribution in [2.45, 2.75) is 0 Å². The number of rotatable bonds is 2. The summed E-state index contributed by atoms with van der Waals surface area (Å²) in [6, 6.07) is 0. The fraction of sp³-hybridized carbons (Fsp3) is 0.333. The molecule has 5 N–H and O–H groups in total. The van der Waals surface area contributed by atoms with E-state index in [9.17, 15) is 0 Å². The standard InChI is InChI=1S/C6H12N6/c1-12(2)11-6-4(7)5(8)9-3-10-6/h3H,7H2,1-2H3,(H3,8,9,10,11). The lowest BCUT2D eigenvalue weighted by Crippen LogP contribution is -2.21. The monoisotopic (exact) mass is 168 g/mol. The summed E-state index contributed by atoms with van der Waals surface area (Å²) in [6.07, 6.45) is 1.36. The number of hydrazine groups is 1. The summed E-state index contributed by atoms with van der Waals surface area (Å²) < 4.78 is 0. The van der Waals surface area contributed by atoms with E-state index in [1.807, 2.05) is 14.1 Å². The van der Waals surface area contributed by atoms with E-state index in [-0.39, 0.29) is 5.82 Å². The summed E-state index contributed by atoms with van der Waals surface area (Å²) in [4.78, 5) is 7.64. The highest BCUT2D eigenvalue weighted by Crippen LogP contribution is 2.18. The average molecular weight is 168 g/mol. The van der Waals surface area contributed by atoms with Crippen LogP contribution in [0.1, 0.15) is 0 Å². The van der Waals surface area contributed by atoms with Crippen molar-refractivity contribution in [2.75, 3.05) is 31.0 Å². The SMILES string of the molecule is CN(C)Nc1ncnc(N)c1N. The van der Waals surface area contributed by atoms with Crippen LogP contribution in [0.5, 0.6) is 0 Å². The van der Waals surface area contributed by atoms with Crippen LogP contribution in [0.25, 0.3) is 0 Å². The Morgan fingerprint density at radius 1 is 1.33 bits per heavy atom. The van der Waals surface area contributed by atoms with Gasteiger partial charge >= 0.3 is 0 Å². The summed E-state index contributed by atoms with van der Waals surface area (Å²) in [7, 11) is 3.66. The van der Waals surface area contributed by atoms with Gasteiger partial charge in [-0.3, -0.25) is 0 Å². The second kappa shape index (κ2) is 3.22. The largest absolute Gasteiger partial charge is 0.393 e. The van der Waals surface area contributed by atoms with Gasteiger partial charge in [0, 0.05) is 14.1 Å². The molecule has 6 heteroatoms. The Bertz CT molecular complexity index is 271. The molecule has 0 saturated heterocycles. The zero-order valence-corrected chi connectivity index (χ0v) is 7.07. The zero-order valence-electron chi connectivity index (χ0n) is 7.07. The lowest BCUT2D eigenvalue weighted by Gasteiger charge is -2.14. The Kier molecular flexibility index (Phi) is 2.29. The Morgan fingerprint density at radius 3 is 2.58 bits per heavy atom. The molecule has 0 atom stereocenters. The molecule has 0 saturated carbocycles. The maximum atomic E-state index is 5.59. The highest BCUT2D eigenvalue weighted by molar-refractivity contribution is 5.71.